The van der Waals surface area contributed by atoms with E-state index in [1.165, 1.54) is 13.3 Å². The summed E-state index contributed by atoms with van der Waals surface area (Å²) in [5, 5.41) is 0.691. The maximum absolute atomic E-state index is 11.5. The monoisotopic (exact) mass is 226 g/mol. The van der Waals surface area contributed by atoms with Crippen LogP contribution >= 0.6 is 0 Å². The Morgan fingerprint density at radius 1 is 1.47 bits per heavy atom. The molecular formula is C8H6N2O4S. The summed E-state index contributed by atoms with van der Waals surface area (Å²) in [6, 6.07) is 0. The van der Waals surface area contributed by atoms with Crippen molar-refractivity contribution in [2.75, 3.05) is 7.11 Å². The molecule has 0 saturated carbocycles. The van der Waals surface area contributed by atoms with Crippen LogP contribution in [0.2, 0.25) is 0 Å². The highest BCUT2D eigenvalue weighted by molar-refractivity contribution is 7.94. The minimum absolute atomic E-state index is 0.0342. The van der Waals surface area contributed by atoms with Crippen LogP contribution in [0.1, 0.15) is 5.56 Å². The number of hydrogen-bond donors (Lipinski definition) is 0. The summed E-state index contributed by atoms with van der Waals surface area (Å²) in [5.74, 6) is -0.716. The van der Waals surface area contributed by atoms with E-state index in [0.29, 0.717) is 0 Å². The van der Waals surface area contributed by atoms with Gasteiger partial charge in [0.2, 0.25) is 9.84 Å². The molecule has 7 heteroatoms. The number of ether oxygens (including phenoxy) is 1. The predicted octanol–water partition coefficient (Wildman–Crippen LogP) is -0.222. The lowest BCUT2D eigenvalue weighted by atomic mass is 10.2. The summed E-state index contributed by atoms with van der Waals surface area (Å²) >= 11 is 0. The molecule has 0 spiro atoms. The lowest BCUT2D eigenvalue weighted by Crippen LogP contribution is -2.03. The zero-order valence-corrected chi connectivity index (χ0v) is 8.48. The molecular weight excluding hydrogens is 220 g/mol. The SMILES string of the molecule is COC(=O)C1=CS(=O)(=O)c2ncncc21. The van der Waals surface area contributed by atoms with Crippen LogP contribution in [-0.4, -0.2) is 31.5 Å². The molecule has 78 valence electrons. The van der Waals surface area contributed by atoms with Crippen molar-refractivity contribution in [1.29, 1.82) is 0 Å². The molecule has 0 aliphatic carbocycles. The smallest absolute Gasteiger partial charge is 0.339 e. The lowest BCUT2D eigenvalue weighted by molar-refractivity contribution is -0.133. The second kappa shape index (κ2) is 3.13. The summed E-state index contributed by atoms with van der Waals surface area (Å²) in [7, 11) is -2.45. The quantitative estimate of drug-likeness (QED) is 0.486. The molecule has 1 aliphatic heterocycles. The fraction of sp³-hybridized carbons (Fsp3) is 0.125. The van der Waals surface area contributed by atoms with Gasteiger partial charge in [0.05, 0.1) is 18.1 Å². The van der Waals surface area contributed by atoms with Crippen molar-refractivity contribution in [3.63, 3.8) is 0 Å². The molecule has 2 heterocycles. The Morgan fingerprint density at radius 3 is 2.87 bits per heavy atom. The number of hydrogen-bond acceptors (Lipinski definition) is 6. The minimum Gasteiger partial charge on any atom is -0.465 e. The number of sulfone groups is 1. The molecule has 0 fully saturated rings. The summed E-state index contributed by atoms with van der Waals surface area (Å²) in [6.45, 7) is 0. The Kier molecular flexibility index (Phi) is 2.04. The van der Waals surface area contributed by atoms with Crippen LogP contribution in [0.25, 0.3) is 5.57 Å². The molecule has 0 radical (unpaired) electrons. The lowest BCUT2D eigenvalue weighted by Gasteiger charge is -1.99. The van der Waals surface area contributed by atoms with Crippen LogP contribution in [0.5, 0.6) is 0 Å². The van der Waals surface area contributed by atoms with Crippen LogP contribution in [0.15, 0.2) is 23.0 Å². The summed E-state index contributed by atoms with van der Waals surface area (Å²) in [5.41, 5.74) is 0.150. The number of aromatic nitrogens is 2. The first-order valence-electron chi connectivity index (χ1n) is 3.92. The number of carbonyl (C=O) groups is 1. The van der Waals surface area contributed by atoms with Gasteiger partial charge in [-0.25, -0.2) is 23.2 Å². The van der Waals surface area contributed by atoms with Gasteiger partial charge in [0.1, 0.15) is 6.33 Å². The van der Waals surface area contributed by atoms with Gasteiger partial charge in [0, 0.05) is 11.8 Å². The van der Waals surface area contributed by atoms with Crippen molar-refractivity contribution in [1.82, 2.24) is 9.97 Å². The number of nitrogens with zero attached hydrogens (tertiary/aromatic N) is 2. The predicted molar refractivity (Wildman–Crippen MR) is 49.2 cm³/mol. The molecule has 1 aromatic heterocycles. The standard InChI is InChI=1S/C8H6N2O4S/c1-14-8(11)6-3-15(12,13)7-5(6)2-9-4-10-7/h2-4H,1H3. The first-order valence-corrected chi connectivity index (χ1v) is 5.46. The van der Waals surface area contributed by atoms with Crippen molar-refractivity contribution >= 4 is 21.4 Å². The maximum atomic E-state index is 11.5. The minimum atomic E-state index is -3.62. The Labute approximate surface area is 85.5 Å². The van der Waals surface area contributed by atoms with E-state index in [1.54, 1.807) is 0 Å². The zero-order chi connectivity index (χ0) is 11.1. The molecule has 0 saturated heterocycles. The number of esters is 1. The Hall–Kier alpha value is -1.76. The maximum Gasteiger partial charge on any atom is 0.339 e. The molecule has 0 unspecified atom stereocenters. The topological polar surface area (TPSA) is 86.2 Å². The van der Waals surface area contributed by atoms with E-state index in [0.717, 1.165) is 11.7 Å². The van der Waals surface area contributed by atoms with Gasteiger partial charge in [-0.3, -0.25) is 0 Å². The highest BCUT2D eigenvalue weighted by atomic mass is 32.2. The molecule has 0 amide bonds. The van der Waals surface area contributed by atoms with E-state index < -0.39 is 15.8 Å². The van der Waals surface area contributed by atoms with Crippen LogP contribution in [0.3, 0.4) is 0 Å². The Morgan fingerprint density at radius 2 is 2.20 bits per heavy atom. The van der Waals surface area contributed by atoms with Crippen LogP contribution in [0.4, 0.5) is 0 Å². The van der Waals surface area contributed by atoms with Crippen molar-refractivity contribution in [2.45, 2.75) is 5.03 Å². The van der Waals surface area contributed by atoms with E-state index in [2.05, 4.69) is 14.7 Å². The highest BCUT2D eigenvalue weighted by Crippen LogP contribution is 2.31. The fourth-order valence-corrected chi connectivity index (χ4v) is 2.58. The van der Waals surface area contributed by atoms with E-state index in [1.807, 2.05) is 0 Å². The van der Waals surface area contributed by atoms with E-state index >= 15 is 0 Å². The average molecular weight is 226 g/mol. The van der Waals surface area contributed by atoms with Crippen LogP contribution in [0, 0.1) is 0 Å². The molecule has 2 rings (SSSR count). The van der Waals surface area contributed by atoms with Gasteiger partial charge in [-0.05, 0) is 0 Å². The second-order valence-electron chi connectivity index (χ2n) is 2.81. The van der Waals surface area contributed by atoms with Crippen molar-refractivity contribution in [3.05, 3.63) is 23.5 Å². The number of carbonyl (C=O) groups excluding carboxylic acids is 1. The van der Waals surface area contributed by atoms with Crippen LogP contribution < -0.4 is 0 Å². The number of rotatable bonds is 1. The fourth-order valence-electron chi connectivity index (χ4n) is 1.27. The van der Waals surface area contributed by atoms with Gasteiger partial charge in [-0.15, -0.1) is 0 Å². The largest absolute Gasteiger partial charge is 0.465 e. The first kappa shape index (κ1) is 9.78. The molecule has 15 heavy (non-hydrogen) atoms. The summed E-state index contributed by atoms with van der Waals surface area (Å²) in [6.07, 6.45) is 2.39. The molecule has 6 nitrogen and oxygen atoms in total. The normalized spacial score (nSPS) is 16.7. The molecule has 1 aliphatic rings. The van der Waals surface area contributed by atoms with Crippen molar-refractivity contribution < 1.29 is 17.9 Å². The Balaban J connectivity index is 2.69. The van der Waals surface area contributed by atoms with Gasteiger partial charge in [0.25, 0.3) is 0 Å². The first-order chi connectivity index (χ1) is 7.06. The average Bonchev–Trinajstić information content (AvgIpc) is 2.51. The molecule has 0 N–H and O–H groups in total. The molecule has 0 atom stereocenters. The Bertz CT molecular complexity index is 562. The second-order valence-corrected chi connectivity index (χ2v) is 4.52. The number of fused-ring (bicyclic) bond motifs is 1. The van der Waals surface area contributed by atoms with Crippen molar-refractivity contribution in [3.8, 4) is 0 Å². The van der Waals surface area contributed by atoms with Gasteiger partial charge in [0.15, 0.2) is 5.03 Å². The summed E-state index contributed by atoms with van der Waals surface area (Å²) < 4.78 is 27.5. The van der Waals surface area contributed by atoms with Crippen LogP contribution in [-0.2, 0) is 19.4 Å². The van der Waals surface area contributed by atoms with E-state index in [9.17, 15) is 13.2 Å². The van der Waals surface area contributed by atoms with Gasteiger partial charge >= 0.3 is 5.97 Å². The third-order valence-corrected chi connectivity index (χ3v) is 3.32. The summed E-state index contributed by atoms with van der Waals surface area (Å²) in [4.78, 5) is 18.5. The van der Waals surface area contributed by atoms with Gasteiger partial charge in [-0.2, -0.15) is 0 Å². The highest BCUT2D eigenvalue weighted by Gasteiger charge is 2.32. The number of methoxy groups -OCH3 is 1. The zero-order valence-electron chi connectivity index (χ0n) is 7.67. The van der Waals surface area contributed by atoms with E-state index in [4.69, 9.17) is 0 Å². The van der Waals surface area contributed by atoms with Gasteiger partial charge < -0.3 is 4.74 Å². The van der Waals surface area contributed by atoms with Gasteiger partial charge in [-0.1, -0.05) is 0 Å². The van der Waals surface area contributed by atoms with E-state index in [-0.39, 0.29) is 16.2 Å². The third kappa shape index (κ3) is 1.40. The molecule has 0 aromatic carbocycles. The van der Waals surface area contributed by atoms with Crippen molar-refractivity contribution in [2.24, 2.45) is 0 Å². The molecule has 0 bridgehead atoms. The third-order valence-electron chi connectivity index (χ3n) is 1.91. The molecule has 1 aromatic rings.